The van der Waals surface area contributed by atoms with Gasteiger partial charge in [-0.2, -0.15) is 0 Å². The van der Waals surface area contributed by atoms with Crippen LogP contribution in [-0.2, 0) is 6.61 Å². The summed E-state index contributed by atoms with van der Waals surface area (Å²) in [4.78, 5) is 4.25. The van der Waals surface area contributed by atoms with Crippen molar-refractivity contribution in [1.29, 1.82) is 0 Å². The van der Waals surface area contributed by atoms with Crippen molar-refractivity contribution in [3.8, 4) is 11.6 Å². The van der Waals surface area contributed by atoms with Crippen molar-refractivity contribution in [2.75, 3.05) is 12.8 Å². The first-order valence-electron chi connectivity index (χ1n) is 5.68. The van der Waals surface area contributed by atoms with Crippen LogP contribution < -0.4 is 15.2 Å². The maximum atomic E-state index is 5.70. The third-order valence-corrected chi connectivity index (χ3v) is 2.62. The van der Waals surface area contributed by atoms with E-state index in [4.69, 9.17) is 15.2 Å². The molecule has 0 aliphatic carbocycles. The first kappa shape index (κ1) is 12.2. The lowest BCUT2D eigenvalue weighted by Gasteiger charge is -2.08. The number of ether oxygens (including phenoxy) is 2. The Hall–Kier alpha value is -2.23. The average Bonchev–Trinajstić information content (AvgIpc) is 2.40. The van der Waals surface area contributed by atoms with Crippen LogP contribution in [0.2, 0.25) is 0 Å². The van der Waals surface area contributed by atoms with Crippen molar-refractivity contribution >= 4 is 5.69 Å². The molecule has 0 spiro atoms. The Bertz CT molecular complexity index is 541. The number of nitrogens with zero attached hydrogens (tertiary/aromatic N) is 1. The molecule has 0 atom stereocenters. The second-order valence-electron chi connectivity index (χ2n) is 3.96. The molecule has 0 aliphatic rings. The monoisotopic (exact) mass is 244 g/mol. The van der Waals surface area contributed by atoms with E-state index in [1.54, 1.807) is 19.2 Å². The van der Waals surface area contributed by atoms with Gasteiger partial charge in [0.05, 0.1) is 18.5 Å². The zero-order chi connectivity index (χ0) is 13.0. The quantitative estimate of drug-likeness (QED) is 0.898. The summed E-state index contributed by atoms with van der Waals surface area (Å²) in [6.07, 6.45) is 0. The van der Waals surface area contributed by atoms with Gasteiger partial charge in [-0.1, -0.05) is 12.1 Å². The minimum atomic E-state index is 0.452. The van der Waals surface area contributed by atoms with E-state index in [2.05, 4.69) is 4.98 Å². The molecule has 2 aromatic rings. The van der Waals surface area contributed by atoms with Gasteiger partial charge in [0.15, 0.2) is 0 Å². The Balaban J connectivity index is 2.04. The highest BCUT2D eigenvalue weighted by atomic mass is 16.5. The minimum Gasteiger partial charge on any atom is -0.497 e. The highest BCUT2D eigenvalue weighted by Crippen LogP contribution is 2.17. The maximum Gasteiger partial charge on any atom is 0.213 e. The van der Waals surface area contributed by atoms with Gasteiger partial charge >= 0.3 is 0 Å². The SMILES string of the molecule is COc1cccc(COc2ccc(N)c(C)n2)c1. The van der Waals surface area contributed by atoms with Gasteiger partial charge in [-0.3, -0.25) is 0 Å². The van der Waals surface area contributed by atoms with Crippen LogP contribution in [-0.4, -0.2) is 12.1 Å². The molecule has 1 heterocycles. The number of methoxy groups -OCH3 is 1. The summed E-state index contributed by atoms with van der Waals surface area (Å²) < 4.78 is 10.8. The van der Waals surface area contributed by atoms with Gasteiger partial charge in [-0.15, -0.1) is 0 Å². The second-order valence-corrected chi connectivity index (χ2v) is 3.96. The standard InChI is InChI=1S/C14H16N2O2/c1-10-13(15)6-7-14(16-10)18-9-11-4-3-5-12(8-11)17-2/h3-8H,9,15H2,1-2H3. The summed E-state index contributed by atoms with van der Waals surface area (Å²) in [5, 5.41) is 0. The normalized spacial score (nSPS) is 10.1. The van der Waals surface area contributed by atoms with Crippen LogP contribution in [0.5, 0.6) is 11.6 Å². The summed E-state index contributed by atoms with van der Waals surface area (Å²) >= 11 is 0. The van der Waals surface area contributed by atoms with Crippen LogP contribution in [0.4, 0.5) is 5.69 Å². The zero-order valence-corrected chi connectivity index (χ0v) is 10.5. The molecule has 94 valence electrons. The summed E-state index contributed by atoms with van der Waals surface area (Å²) in [7, 11) is 1.64. The van der Waals surface area contributed by atoms with Crippen molar-refractivity contribution in [1.82, 2.24) is 4.98 Å². The molecule has 0 saturated heterocycles. The van der Waals surface area contributed by atoms with Crippen LogP contribution in [0.3, 0.4) is 0 Å². The summed E-state index contributed by atoms with van der Waals surface area (Å²) in [5.74, 6) is 1.39. The lowest BCUT2D eigenvalue weighted by Crippen LogP contribution is -2.00. The fourth-order valence-corrected chi connectivity index (χ4v) is 1.55. The number of pyridine rings is 1. The van der Waals surface area contributed by atoms with Gasteiger partial charge in [0, 0.05) is 6.07 Å². The van der Waals surface area contributed by atoms with Gasteiger partial charge in [0.25, 0.3) is 0 Å². The number of nitrogen functional groups attached to an aromatic ring is 1. The number of anilines is 1. The third-order valence-electron chi connectivity index (χ3n) is 2.62. The number of hydrogen-bond acceptors (Lipinski definition) is 4. The summed E-state index contributed by atoms with van der Waals surface area (Å²) in [5.41, 5.74) is 8.18. The molecule has 0 radical (unpaired) electrons. The van der Waals surface area contributed by atoms with Gasteiger partial charge in [0.1, 0.15) is 12.4 Å². The van der Waals surface area contributed by atoms with E-state index in [0.29, 0.717) is 18.2 Å². The van der Waals surface area contributed by atoms with E-state index in [1.165, 1.54) is 0 Å². The van der Waals surface area contributed by atoms with E-state index < -0.39 is 0 Å². The van der Waals surface area contributed by atoms with Gasteiger partial charge < -0.3 is 15.2 Å². The predicted molar refractivity (Wildman–Crippen MR) is 70.7 cm³/mol. The van der Waals surface area contributed by atoms with E-state index in [9.17, 15) is 0 Å². The molecule has 18 heavy (non-hydrogen) atoms. The second kappa shape index (κ2) is 5.40. The van der Waals surface area contributed by atoms with Crippen molar-refractivity contribution in [2.24, 2.45) is 0 Å². The molecule has 0 aliphatic heterocycles. The molecule has 0 saturated carbocycles. The Morgan fingerprint density at radius 2 is 2.06 bits per heavy atom. The van der Waals surface area contributed by atoms with Crippen molar-refractivity contribution in [3.05, 3.63) is 47.7 Å². The lowest BCUT2D eigenvalue weighted by atomic mass is 10.2. The lowest BCUT2D eigenvalue weighted by molar-refractivity contribution is 0.292. The fourth-order valence-electron chi connectivity index (χ4n) is 1.55. The Morgan fingerprint density at radius 1 is 1.22 bits per heavy atom. The molecule has 0 amide bonds. The molecule has 0 fully saturated rings. The van der Waals surface area contributed by atoms with Crippen LogP contribution in [0.15, 0.2) is 36.4 Å². The number of hydrogen-bond donors (Lipinski definition) is 1. The summed E-state index contributed by atoms with van der Waals surface area (Å²) in [6.45, 7) is 2.31. The van der Waals surface area contributed by atoms with Crippen molar-refractivity contribution < 1.29 is 9.47 Å². The van der Waals surface area contributed by atoms with Crippen LogP contribution in [0, 0.1) is 6.92 Å². The first-order chi connectivity index (χ1) is 8.69. The van der Waals surface area contributed by atoms with Gasteiger partial charge in [-0.25, -0.2) is 4.98 Å². The topological polar surface area (TPSA) is 57.4 Å². The molecule has 2 N–H and O–H groups in total. The number of nitrogens with two attached hydrogens (primary N) is 1. The molecule has 2 rings (SSSR count). The number of benzene rings is 1. The van der Waals surface area contributed by atoms with E-state index in [0.717, 1.165) is 17.0 Å². The molecule has 4 heteroatoms. The average molecular weight is 244 g/mol. The Kier molecular flexibility index (Phi) is 3.67. The summed E-state index contributed by atoms with van der Waals surface area (Å²) in [6, 6.07) is 11.3. The largest absolute Gasteiger partial charge is 0.497 e. The van der Waals surface area contributed by atoms with Crippen molar-refractivity contribution in [3.63, 3.8) is 0 Å². The van der Waals surface area contributed by atoms with Crippen LogP contribution in [0.25, 0.3) is 0 Å². The van der Waals surface area contributed by atoms with Gasteiger partial charge in [-0.05, 0) is 30.7 Å². The maximum absolute atomic E-state index is 5.70. The number of aryl methyl sites for hydroxylation is 1. The third kappa shape index (κ3) is 2.91. The number of aromatic nitrogens is 1. The molecule has 1 aromatic heterocycles. The molecular weight excluding hydrogens is 228 g/mol. The molecule has 0 bridgehead atoms. The molecular formula is C14H16N2O2. The first-order valence-corrected chi connectivity index (χ1v) is 5.68. The molecule has 1 aromatic carbocycles. The van der Waals surface area contributed by atoms with E-state index in [-0.39, 0.29) is 0 Å². The highest BCUT2D eigenvalue weighted by molar-refractivity contribution is 5.43. The highest BCUT2D eigenvalue weighted by Gasteiger charge is 2.01. The molecule has 0 unspecified atom stereocenters. The minimum absolute atomic E-state index is 0.452. The smallest absolute Gasteiger partial charge is 0.213 e. The van der Waals surface area contributed by atoms with Crippen LogP contribution in [0.1, 0.15) is 11.3 Å². The van der Waals surface area contributed by atoms with Crippen LogP contribution >= 0.6 is 0 Å². The fraction of sp³-hybridized carbons (Fsp3) is 0.214. The zero-order valence-electron chi connectivity index (χ0n) is 10.5. The molecule has 4 nitrogen and oxygen atoms in total. The van der Waals surface area contributed by atoms with Gasteiger partial charge in [0.2, 0.25) is 5.88 Å². The predicted octanol–water partition coefficient (Wildman–Crippen LogP) is 2.56. The van der Waals surface area contributed by atoms with Crippen molar-refractivity contribution in [2.45, 2.75) is 13.5 Å². The Labute approximate surface area is 106 Å². The Morgan fingerprint density at radius 3 is 2.78 bits per heavy atom. The van der Waals surface area contributed by atoms with E-state index >= 15 is 0 Å². The van der Waals surface area contributed by atoms with E-state index in [1.807, 2.05) is 31.2 Å². The number of rotatable bonds is 4.